The van der Waals surface area contributed by atoms with Gasteiger partial charge in [0.15, 0.2) is 0 Å². The number of amides is 3. The first-order valence-corrected chi connectivity index (χ1v) is 13.4. The second-order valence-corrected chi connectivity index (χ2v) is 9.97. The molecule has 3 amide bonds. The van der Waals surface area contributed by atoms with Crippen molar-refractivity contribution >= 4 is 64.0 Å². The fraction of sp³-hybridized carbons (Fsp3) is 0.200. The van der Waals surface area contributed by atoms with Crippen LogP contribution in [-0.4, -0.2) is 30.3 Å². The van der Waals surface area contributed by atoms with Crippen LogP contribution in [0.15, 0.2) is 77.5 Å². The van der Waals surface area contributed by atoms with Gasteiger partial charge in [-0.2, -0.15) is 0 Å². The molecular weight excluding hydrogens is 553 g/mol. The summed E-state index contributed by atoms with van der Waals surface area (Å²) in [5.41, 5.74) is 3.15. The van der Waals surface area contributed by atoms with E-state index in [1.165, 1.54) is 6.07 Å². The molecule has 1 aliphatic rings. The maximum atomic E-state index is 13.0. The molecule has 206 valence electrons. The normalized spacial score (nSPS) is 13.1. The summed E-state index contributed by atoms with van der Waals surface area (Å²) in [5.74, 6) is -1.96. The predicted octanol–water partition coefficient (Wildman–Crippen LogP) is 6.22. The second-order valence-electron chi connectivity index (χ2n) is 9.19. The Hall–Kier alpha value is -4.14. The van der Waals surface area contributed by atoms with Gasteiger partial charge in [0.25, 0.3) is 11.8 Å². The molecule has 0 saturated carbocycles. The molecule has 0 saturated heterocycles. The number of halogens is 2. The van der Waals surface area contributed by atoms with E-state index in [0.717, 1.165) is 23.3 Å². The molecule has 40 heavy (non-hydrogen) atoms. The number of rotatable bonds is 10. The number of anilines is 3. The van der Waals surface area contributed by atoms with Gasteiger partial charge < -0.3 is 15.4 Å². The molecule has 0 bridgehead atoms. The van der Waals surface area contributed by atoms with E-state index in [-0.39, 0.29) is 23.1 Å². The molecule has 0 aromatic heterocycles. The Balaban J connectivity index is 1.36. The zero-order valence-corrected chi connectivity index (χ0v) is 23.4. The van der Waals surface area contributed by atoms with Gasteiger partial charge >= 0.3 is 5.97 Å². The summed E-state index contributed by atoms with van der Waals surface area (Å²) in [5, 5.41) is 5.89. The number of unbranched alkanes of at least 4 members (excludes halogenated alkanes) is 1. The average Bonchev–Trinajstić information content (AvgIpc) is 3.14. The first-order valence-electron chi connectivity index (χ1n) is 12.7. The third kappa shape index (κ3) is 6.70. The number of nitrogens with zero attached hydrogens (tertiary/aromatic N) is 1. The third-order valence-electron chi connectivity index (χ3n) is 6.14. The molecule has 1 heterocycles. The number of hydrogen-bond acceptors (Lipinski definition) is 6. The number of imide groups is 1. The summed E-state index contributed by atoms with van der Waals surface area (Å²) in [4.78, 5) is 51.5. The molecule has 8 nitrogen and oxygen atoms in total. The monoisotopic (exact) mass is 579 g/mol. The van der Waals surface area contributed by atoms with Crippen molar-refractivity contribution in [2.75, 3.05) is 22.1 Å². The van der Waals surface area contributed by atoms with Gasteiger partial charge in [-0.05, 0) is 66.9 Å². The molecule has 0 unspecified atom stereocenters. The van der Waals surface area contributed by atoms with E-state index in [1.54, 1.807) is 60.7 Å². The summed E-state index contributed by atoms with van der Waals surface area (Å²) in [6.45, 7) is 4.18. The summed E-state index contributed by atoms with van der Waals surface area (Å²) >= 11 is 12.4. The summed E-state index contributed by atoms with van der Waals surface area (Å²) in [6, 6.07) is 18.2. The van der Waals surface area contributed by atoms with E-state index in [0.29, 0.717) is 39.8 Å². The van der Waals surface area contributed by atoms with Crippen molar-refractivity contribution in [2.45, 2.75) is 33.1 Å². The zero-order valence-electron chi connectivity index (χ0n) is 21.9. The molecule has 0 atom stereocenters. The van der Waals surface area contributed by atoms with Gasteiger partial charge in [-0.25, -0.2) is 9.69 Å². The van der Waals surface area contributed by atoms with Gasteiger partial charge in [0.2, 0.25) is 5.91 Å². The number of hydrogen-bond donors (Lipinski definition) is 2. The molecule has 4 rings (SSSR count). The minimum Gasteiger partial charge on any atom is -0.462 e. The van der Waals surface area contributed by atoms with Crippen molar-refractivity contribution in [3.63, 3.8) is 0 Å². The average molecular weight is 580 g/mol. The SMILES string of the molecule is CCCCOC(=O)c1cccc(NC(=O)Cc2ccc(NC3=C(Cl)C(=O)N(c4ccc(C)c(Cl)c4)C3=O)cc2)c1. The molecular formula is C30H27Cl2N3O5. The Morgan fingerprint density at radius 2 is 1.68 bits per heavy atom. The Bertz CT molecular complexity index is 1500. The van der Waals surface area contributed by atoms with Crippen LogP contribution in [0.4, 0.5) is 17.1 Å². The largest absolute Gasteiger partial charge is 0.462 e. The first kappa shape index (κ1) is 28.9. The fourth-order valence-electron chi connectivity index (χ4n) is 3.92. The van der Waals surface area contributed by atoms with Crippen molar-refractivity contribution in [1.82, 2.24) is 0 Å². The van der Waals surface area contributed by atoms with Crippen molar-refractivity contribution in [1.29, 1.82) is 0 Å². The van der Waals surface area contributed by atoms with E-state index in [1.807, 2.05) is 13.8 Å². The summed E-state index contributed by atoms with van der Waals surface area (Å²) in [7, 11) is 0. The van der Waals surface area contributed by atoms with Gasteiger partial charge in [0.05, 0.1) is 24.3 Å². The molecule has 3 aromatic carbocycles. The van der Waals surface area contributed by atoms with E-state index < -0.39 is 17.8 Å². The van der Waals surface area contributed by atoms with Crippen LogP contribution in [0, 0.1) is 6.92 Å². The standard InChI is InChI=1S/C30H27Cl2N3O5/c1-3-4-14-40-30(39)20-6-5-7-22(16-20)33-25(36)15-19-9-11-21(12-10-19)34-27-26(32)28(37)35(29(27)38)23-13-8-18(2)24(31)17-23/h5-13,16-17,34H,3-4,14-15H2,1-2H3,(H,33,36). The fourth-order valence-corrected chi connectivity index (χ4v) is 4.31. The van der Waals surface area contributed by atoms with Crippen LogP contribution in [0.25, 0.3) is 0 Å². The zero-order chi connectivity index (χ0) is 28.8. The summed E-state index contributed by atoms with van der Waals surface area (Å²) < 4.78 is 5.22. The van der Waals surface area contributed by atoms with Gasteiger partial charge in [-0.15, -0.1) is 0 Å². The number of esters is 1. The molecule has 3 aromatic rings. The van der Waals surface area contributed by atoms with Crippen molar-refractivity contribution in [3.05, 3.63) is 99.2 Å². The minimum atomic E-state index is -0.652. The molecule has 0 aliphatic carbocycles. The highest BCUT2D eigenvalue weighted by molar-refractivity contribution is 6.53. The van der Waals surface area contributed by atoms with Crippen LogP contribution >= 0.6 is 23.2 Å². The molecule has 0 spiro atoms. The van der Waals surface area contributed by atoms with Crippen LogP contribution < -0.4 is 15.5 Å². The summed E-state index contributed by atoms with van der Waals surface area (Å²) in [6.07, 6.45) is 1.79. The molecule has 10 heteroatoms. The van der Waals surface area contributed by atoms with Crippen LogP contribution in [0.5, 0.6) is 0 Å². The number of carbonyl (C=O) groups excluding carboxylic acids is 4. The van der Waals surface area contributed by atoms with Crippen molar-refractivity contribution in [3.8, 4) is 0 Å². The number of aryl methyl sites for hydroxylation is 1. The number of benzene rings is 3. The highest BCUT2D eigenvalue weighted by Crippen LogP contribution is 2.32. The third-order valence-corrected chi connectivity index (χ3v) is 6.90. The van der Waals surface area contributed by atoms with Crippen LogP contribution in [-0.2, 0) is 25.5 Å². The van der Waals surface area contributed by atoms with Gasteiger partial charge in [0.1, 0.15) is 10.7 Å². The Labute approximate surface area is 241 Å². The second kappa shape index (κ2) is 12.8. The highest BCUT2D eigenvalue weighted by Gasteiger charge is 2.39. The Morgan fingerprint density at radius 1 is 0.925 bits per heavy atom. The number of nitrogens with one attached hydrogen (secondary N) is 2. The lowest BCUT2D eigenvalue weighted by Gasteiger charge is -2.16. The Kier molecular flexibility index (Phi) is 9.24. The minimum absolute atomic E-state index is 0.0537. The molecule has 2 N–H and O–H groups in total. The molecule has 1 aliphatic heterocycles. The van der Waals surface area contributed by atoms with E-state index in [9.17, 15) is 19.2 Å². The number of carbonyl (C=O) groups is 4. The molecule has 0 radical (unpaired) electrons. The van der Waals surface area contributed by atoms with E-state index in [4.69, 9.17) is 27.9 Å². The van der Waals surface area contributed by atoms with Gasteiger partial charge in [-0.3, -0.25) is 14.4 Å². The van der Waals surface area contributed by atoms with Crippen LogP contribution in [0.2, 0.25) is 5.02 Å². The van der Waals surface area contributed by atoms with Gasteiger partial charge in [-0.1, -0.05) is 60.8 Å². The van der Waals surface area contributed by atoms with Gasteiger partial charge in [0, 0.05) is 16.4 Å². The van der Waals surface area contributed by atoms with E-state index >= 15 is 0 Å². The van der Waals surface area contributed by atoms with Crippen molar-refractivity contribution < 1.29 is 23.9 Å². The lowest BCUT2D eigenvalue weighted by Crippen LogP contribution is -2.32. The number of ether oxygens (including phenoxy) is 1. The van der Waals surface area contributed by atoms with Crippen LogP contribution in [0.1, 0.15) is 41.3 Å². The smallest absolute Gasteiger partial charge is 0.338 e. The van der Waals surface area contributed by atoms with Crippen LogP contribution in [0.3, 0.4) is 0 Å². The first-order chi connectivity index (χ1) is 19.2. The molecule has 0 fully saturated rings. The highest BCUT2D eigenvalue weighted by atomic mass is 35.5. The Morgan fingerprint density at radius 3 is 2.38 bits per heavy atom. The lowest BCUT2D eigenvalue weighted by molar-refractivity contribution is -0.120. The van der Waals surface area contributed by atoms with Crippen molar-refractivity contribution in [2.24, 2.45) is 0 Å². The predicted molar refractivity (Wildman–Crippen MR) is 156 cm³/mol. The maximum Gasteiger partial charge on any atom is 0.338 e. The quantitative estimate of drug-likeness (QED) is 0.168. The van der Waals surface area contributed by atoms with E-state index in [2.05, 4.69) is 10.6 Å². The maximum absolute atomic E-state index is 13.0. The lowest BCUT2D eigenvalue weighted by atomic mass is 10.1. The topological polar surface area (TPSA) is 105 Å².